The van der Waals surface area contributed by atoms with E-state index >= 15 is 0 Å². The van der Waals surface area contributed by atoms with Gasteiger partial charge in [0.1, 0.15) is 11.2 Å². The highest BCUT2D eigenvalue weighted by Crippen LogP contribution is 2.38. The maximum atomic E-state index is 13.2. The van der Waals surface area contributed by atoms with E-state index < -0.39 is 29.4 Å². The van der Waals surface area contributed by atoms with Crippen molar-refractivity contribution in [1.29, 1.82) is 0 Å². The highest BCUT2D eigenvalue weighted by Gasteiger charge is 2.37. The van der Waals surface area contributed by atoms with Crippen molar-refractivity contribution in [3.8, 4) is 0 Å². The number of methoxy groups -OCH3 is 1. The third-order valence-corrected chi connectivity index (χ3v) is 4.62. The van der Waals surface area contributed by atoms with Gasteiger partial charge in [-0.3, -0.25) is 0 Å². The van der Waals surface area contributed by atoms with Gasteiger partial charge >= 0.3 is 18.2 Å². The van der Waals surface area contributed by atoms with Crippen LogP contribution in [0.4, 0.5) is 21.0 Å². The summed E-state index contributed by atoms with van der Waals surface area (Å²) in [5.74, 6) is -0.694. The van der Waals surface area contributed by atoms with Crippen molar-refractivity contribution < 1.29 is 38.0 Å². The number of benzene rings is 1. The summed E-state index contributed by atoms with van der Waals surface area (Å²) >= 11 is 0. The highest BCUT2D eigenvalue weighted by molar-refractivity contribution is 6.17. The quantitative estimate of drug-likeness (QED) is 0.474. The number of hydrogen-bond donors (Lipinski definition) is 0. The number of fused-ring (bicyclic) bond motifs is 1. The van der Waals surface area contributed by atoms with Gasteiger partial charge in [-0.05, 0) is 57.9 Å². The Balaban J connectivity index is 2.24. The van der Waals surface area contributed by atoms with Gasteiger partial charge in [-0.1, -0.05) is 0 Å². The van der Waals surface area contributed by atoms with Gasteiger partial charge < -0.3 is 23.8 Å². The van der Waals surface area contributed by atoms with E-state index in [1.807, 2.05) is 4.90 Å². The zero-order valence-corrected chi connectivity index (χ0v) is 20.5. The van der Waals surface area contributed by atoms with E-state index in [0.717, 1.165) is 0 Å². The van der Waals surface area contributed by atoms with E-state index in [2.05, 4.69) is 10.3 Å². The summed E-state index contributed by atoms with van der Waals surface area (Å²) in [5.41, 5.74) is -1.20. The lowest BCUT2D eigenvalue weighted by Crippen LogP contribution is -2.44. The number of amides is 2. The molecule has 34 heavy (non-hydrogen) atoms. The highest BCUT2D eigenvalue weighted by atomic mass is 16.6. The molecule has 2 heterocycles. The Kier molecular flexibility index (Phi) is 7.01. The normalized spacial score (nSPS) is 14.6. The molecule has 2 aromatic rings. The second-order valence-electron chi connectivity index (χ2n) is 9.64. The molecule has 12 nitrogen and oxygen atoms in total. The number of morpholine rings is 1. The van der Waals surface area contributed by atoms with Crippen molar-refractivity contribution in [2.24, 2.45) is 0 Å². The molecule has 1 saturated heterocycles. The largest absolute Gasteiger partial charge is 0.465 e. The summed E-state index contributed by atoms with van der Waals surface area (Å²) in [7, 11) is 1.23. The van der Waals surface area contributed by atoms with E-state index in [4.69, 9.17) is 23.6 Å². The first-order valence-electron chi connectivity index (χ1n) is 10.8. The van der Waals surface area contributed by atoms with Gasteiger partial charge in [-0.25, -0.2) is 19.0 Å². The number of carbonyl (C=O) groups excluding carboxylic acids is 3. The minimum Gasteiger partial charge on any atom is -0.465 e. The van der Waals surface area contributed by atoms with E-state index in [1.165, 1.54) is 13.2 Å². The molecule has 0 aliphatic carbocycles. The van der Waals surface area contributed by atoms with E-state index in [0.29, 0.717) is 36.9 Å². The second kappa shape index (κ2) is 9.45. The number of imide groups is 1. The molecule has 0 atom stereocenters. The molecule has 12 heteroatoms. The molecular formula is C22H30N4O8. The maximum Gasteiger partial charge on any atom is 0.424 e. The zero-order valence-electron chi connectivity index (χ0n) is 20.5. The zero-order chi connectivity index (χ0) is 25.3. The van der Waals surface area contributed by atoms with Crippen LogP contribution in [-0.4, -0.2) is 73.1 Å². The van der Waals surface area contributed by atoms with Gasteiger partial charge in [-0.2, -0.15) is 4.90 Å². The van der Waals surface area contributed by atoms with Gasteiger partial charge in [0.2, 0.25) is 0 Å². The predicted octanol–water partition coefficient (Wildman–Crippen LogP) is 3.52. The molecule has 0 N–H and O–H groups in total. The smallest absolute Gasteiger partial charge is 0.424 e. The van der Waals surface area contributed by atoms with Crippen molar-refractivity contribution in [3.63, 3.8) is 0 Å². The molecule has 1 fully saturated rings. The summed E-state index contributed by atoms with van der Waals surface area (Å²) in [6, 6.07) is 1.33. The van der Waals surface area contributed by atoms with Crippen LogP contribution in [0, 0.1) is 0 Å². The number of anilines is 2. The fourth-order valence-electron chi connectivity index (χ4n) is 3.34. The summed E-state index contributed by atoms with van der Waals surface area (Å²) in [6.45, 7) is 11.8. The molecule has 0 radical (unpaired) electrons. The van der Waals surface area contributed by atoms with Gasteiger partial charge in [0.25, 0.3) is 0 Å². The van der Waals surface area contributed by atoms with Crippen LogP contribution in [0.1, 0.15) is 51.9 Å². The average Bonchev–Trinajstić information content (AvgIpc) is 3.20. The predicted molar refractivity (Wildman–Crippen MR) is 121 cm³/mol. The van der Waals surface area contributed by atoms with Crippen LogP contribution < -0.4 is 9.80 Å². The molecule has 3 rings (SSSR count). The Hall–Kier alpha value is -3.41. The molecular weight excluding hydrogens is 448 g/mol. The van der Waals surface area contributed by atoms with Crippen LogP contribution in [0.2, 0.25) is 0 Å². The molecule has 1 aliphatic heterocycles. The van der Waals surface area contributed by atoms with Gasteiger partial charge in [0.05, 0.1) is 37.3 Å². The van der Waals surface area contributed by atoms with Crippen molar-refractivity contribution in [3.05, 3.63) is 11.6 Å². The van der Waals surface area contributed by atoms with E-state index in [-0.39, 0.29) is 22.3 Å². The van der Waals surface area contributed by atoms with Crippen LogP contribution in [0.15, 0.2) is 10.7 Å². The topological polar surface area (TPSA) is 134 Å². The second-order valence-corrected chi connectivity index (χ2v) is 9.64. The number of nitrogens with zero attached hydrogens (tertiary/aromatic N) is 4. The molecule has 0 unspecified atom stereocenters. The molecule has 1 aliphatic rings. The third-order valence-electron chi connectivity index (χ3n) is 4.62. The minimum absolute atomic E-state index is 0.0692. The summed E-state index contributed by atoms with van der Waals surface area (Å²) in [6.07, 6.45) is -2.03. The summed E-state index contributed by atoms with van der Waals surface area (Å²) < 4.78 is 26.3. The first kappa shape index (κ1) is 25.2. The van der Waals surface area contributed by atoms with Crippen molar-refractivity contribution >= 4 is 40.6 Å². The molecule has 1 aromatic heterocycles. The summed E-state index contributed by atoms with van der Waals surface area (Å²) in [5, 5.41) is 7.90. The standard InChI is InChI=1S/C22H30N4O8/c1-21(2,3)32-19(28)26(20(29)33-22(4,5)6)14-12-13(18(27)30-7)17(16-15(14)23-34-24-16)25-8-10-31-11-9-25/h12H,8-11H2,1-7H3. The van der Waals surface area contributed by atoms with E-state index in [1.54, 1.807) is 41.5 Å². The van der Waals surface area contributed by atoms with Gasteiger partial charge in [0, 0.05) is 13.1 Å². The lowest BCUT2D eigenvalue weighted by atomic mass is 10.1. The van der Waals surface area contributed by atoms with Crippen molar-refractivity contribution in [1.82, 2.24) is 10.3 Å². The molecule has 1 aromatic carbocycles. The van der Waals surface area contributed by atoms with Crippen LogP contribution in [0.25, 0.3) is 11.0 Å². The number of esters is 1. The van der Waals surface area contributed by atoms with Crippen molar-refractivity contribution in [2.75, 3.05) is 43.2 Å². The summed E-state index contributed by atoms with van der Waals surface area (Å²) in [4.78, 5) is 41.7. The Labute approximate surface area is 197 Å². The number of hydrogen-bond acceptors (Lipinski definition) is 11. The molecule has 0 spiro atoms. The SMILES string of the molecule is COC(=O)c1cc(N(C(=O)OC(C)(C)C)C(=O)OC(C)(C)C)c2nonc2c1N1CCOCC1. The Morgan fingerprint density at radius 1 is 0.941 bits per heavy atom. The minimum atomic E-state index is -1.01. The molecule has 0 bridgehead atoms. The average molecular weight is 479 g/mol. The van der Waals surface area contributed by atoms with Gasteiger partial charge in [-0.15, -0.1) is 0 Å². The fraction of sp³-hybridized carbons (Fsp3) is 0.591. The fourth-order valence-corrected chi connectivity index (χ4v) is 3.34. The first-order valence-corrected chi connectivity index (χ1v) is 10.8. The van der Waals surface area contributed by atoms with Crippen LogP contribution >= 0.6 is 0 Å². The molecule has 0 saturated carbocycles. The molecule has 186 valence electrons. The van der Waals surface area contributed by atoms with Crippen molar-refractivity contribution in [2.45, 2.75) is 52.7 Å². The first-order chi connectivity index (χ1) is 15.8. The lowest BCUT2D eigenvalue weighted by Gasteiger charge is -2.31. The third kappa shape index (κ3) is 5.56. The number of aromatic nitrogens is 2. The Morgan fingerprint density at radius 2 is 1.47 bits per heavy atom. The lowest BCUT2D eigenvalue weighted by molar-refractivity contribution is 0.0429. The molecule has 2 amide bonds. The Morgan fingerprint density at radius 3 is 1.97 bits per heavy atom. The number of carbonyl (C=O) groups is 3. The van der Waals surface area contributed by atoms with Crippen LogP contribution in [-0.2, 0) is 18.9 Å². The number of ether oxygens (including phenoxy) is 4. The maximum absolute atomic E-state index is 13.2. The van der Waals surface area contributed by atoms with E-state index in [9.17, 15) is 14.4 Å². The monoisotopic (exact) mass is 478 g/mol. The number of rotatable bonds is 3. The Bertz CT molecular complexity index is 1050. The van der Waals surface area contributed by atoms with Gasteiger partial charge in [0.15, 0.2) is 11.0 Å². The van der Waals surface area contributed by atoms with Crippen LogP contribution in [0.3, 0.4) is 0 Å². The van der Waals surface area contributed by atoms with Crippen LogP contribution in [0.5, 0.6) is 0 Å².